The molecule has 7 heteroatoms. The molecule has 3 rings (SSSR count). The SMILES string of the molecule is CC1(C)CC(=NNC(=S)Nc2ccccc2F)c2cc(O)ccc2O1. The zero-order chi connectivity index (χ0) is 18.0. The summed E-state index contributed by atoms with van der Waals surface area (Å²) in [7, 11) is 0. The second kappa shape index (κ2) is 6.68. The lowest BCUT2D eigenvalue weighted by Crippen LogP contribution is -2.37. The first-order valence-electron chi connectivity index (χ1n) is 7.74. The molecule has 1 aliphatic rings. The molecule has 1 heterocycles. The number of aromatic hydroxyl groups is 1. The number of thiocarbonyl (C=S) groups is 1. The minimum atomic E-state index is -0.439. The van der Waals surface area contributed by atoms with Gasteiger partial charge in [0.1, 0.15) is 22.9 Å². The number of benzene rings is 2. The molecule has 130 valence electrons. The summed E-state index contributed by atoms with van der Waals surface area (Å²) in [6.45, 7) is 3.91. The van der Waals surface area contributed by atoms with Crippen molar-refractivity contribution >= 4 is 28.7 Å². The summed E-state index contributed by atoms with van der Waals surface area (Å²) in [6.07, 6.45) is 0.527. The summed E-state index contributed by atoms with van der Waals surface area (Å²) in [5.41, 5.74) is 3.95. The highest BCUT2D eigenvalue weighted by atomic mass is 32.1. The van der Waals surface area contributed by atoms with Crippen molar-refractivity contribution < 1.29 is 14.2 Å². The van der Waals surface area contributed by atoms with Crippen molar-refractivity contribution in [1.82, 2.24) is 5.43 Å². The number of fused-ring (bicyclic) bond motifs is 1. The number of para-hydroxylation sites is 1. The Hall–Kier alpha value is -2.67. The molecule has 0 aliphatic carbocycles. The van der Waals surface area contributed by atoms with Crippen LogP contribution >= 0.6 is 12.2 Å². The molecule has 0 fully saturated rings. The number of phenols is 1. The minimum absolute atomic E-state index is 0.127. The van der Waals surface area contributed by atoms with Crippen molar-refractivity contribution in [2.75, 3.05) is 5.32 Å². The zero-order valence-corrected chi connectivity index (χ0v) is 14.7. The summed E-state index contributed by atoms with van der Waals surface area (Å²) >= 11 is 5.17. The first-order chi connectivity index (χ1) is 11.8. The van der Waals surface area contributed by atoms with E-state index in [1.54, 1.807) is 36.4 Å². The normalized spacial score (nSPS) is 16.7. The molecule has 2 aromatic carbocycles. The van der Waals surface area contributed by atoms with E-state index in [-0.39, 0.29) is 16.5 Å². The smallest absolute Gasteiger partial charge is 0.191 e. The third-order valence-electron chi connectivity index (χ3n) is 3.67. The predicted octanol–water partition coefficient (Wildman–Crippen LogP) is 3.78. The molecule has 0 saturated carbocycles. The zero-order valence-electron chi connectivity index (χ0n) is 13.8. The van der Waals surface area contributed by atoms with E-state index in [1.165, 1.54) is 6.07 Å². The maximum absolute atomic E-state index is 13.7. The highest BCUT2D eigenvalue weighted by Crippen LogP contribution is 2.35. The summed E-state index contributed by atoms with van der Waals surface area (Å²) in [4.78, 5) is 0. The van der Waals surface area contributed by atoms with Gasteiger partial charge in [-0.1, -0.05) is 12.1 Å². The highest BCUT2D eigenvalue weighted by molar-refractivity contribution is 7.80. The number of phenolic OH excluding ortho intramolecular Hbond substituents is 1. The van der Waals surface area contributed by atoms with E-state index < -0.39 is 11.4 Å². The Morgan fingerprint density at radius 2 is 2.04 bits per heavy atom. The number of anilines is 1. The molecule has 2 aromatic rings. The standard InChI is InChI=1S/C18H18FN3O2S/c1-18(2)10-15(12-9-11(23)7-8-16(12)24-18)21-22-17(25)20-14-6-4-3-5-13(14)19/h3-9,23H,10H2,1-2H3,(H2,20,22,25). The monoisotopic (exact) mass is 359 g/mol. The molecule has 3 N–H and O–H groups in total. The number of halogens is 1. The number of rotatable bonds is 2. The van der Waals surface area contributed by atoms with Crippen LogP contribution in [-0.2, 0) is 0 Å². The van der Waals surface area contributed by atoms with Gasteiger partial charge in [0.2, 0.25) is 0 Å². The van der Waals surface area contributed by atoms with E-state index in [0.29, 0.717) is 23.4 Å². The first kappa shape index (κ1) is 17.2. The predicted molar refractivity (Wildman–Crippen MR) is 99.7 cm³/mol. The molecule has 0 amide bonds. The van der Waals surface area contributed by atoms with Gasteiger partial charge in [0, 0.05) is 12.0 Å². The Bertz CT molecular complexity index is 852. The second-order valence-electron chi connectivity index (χ2n) is 6.32. The van der Waals surface area contributed by atoms with Crippen LogP contribution in [0, 0.1) is 5.82 Å². The molecule has 0 aromatic heterocycles. The van der Waals surface area contributed by atoms with Crippen LogP contribution < -0.4 is 15.5 Å². The molecule has 1 aliphatic heterocycles. The van der Waals surface area contributed by atoms with Crippen molar-refractivity contribution in [3.05, 3.63) is 53.8 Å². The molecule has 0 bridgehead atoms. The number of hydrazone groups is 1. The molecule has 0 saturated heterocycles. The average molecular weight is 359 g/mol. The van der Waals surface area contributed by atoms with Crippen molar-refractivity contribution in [1.29, 1.82) is 0 Å². The maximum Gasteiger partial charge on any atom is 0.191 e. The summed E-state index contributed by atoms with van der Waals surface area (Å²) in [6, 6.07) is 11.1. The number of nitrogens with zero attached hydrogens (tertiary/aromatic N) is 1. The van der Waals surface area contributed by atoms with Gasteiger partial charge in [-0.05, 0) is 56.4 Å². The van der Waals surface area contributed by atoms with Crippen LogP contribution in [0.4, 0.5) is 10.1 Å². The topological polar surface area (TPSA) is 65.9 Å². The van der Waals surface area contributed by atoms with Crippen LogP contribution in [0.2, 0.25) is 0 Å². The molecule has 0 unspecified atom stereocenters. The van der Waals surface area contributed by atoms with E-state index in [2.05, 4.69) is 15.8 Å². The van der Waals surface area contributed by atoms with Gasteiger partial charge in [-0.15, -0.1) is 0 Å². The Morgan fingerprint density at radius 1 is 1.28 bits per heavy atom. The van der Waals surface area contributed by atoms with Gasteiger partial charge in [0.05, 0.1) is 11.4 Å². The minimum Gasteiger partial charge on any atom is -0.508 e. The van der Waals surface area contributed by atoms with Crippen LogP contribution in [0.1, 0.15) is 25.8 Å². The van der Waals surface area contributed by atoms with E-state index >= 15 is 0 Å². The van der Waals surface area contributed by atoms with Gasteiger partial charge in [-0.2, -0.15) is 5.10 Å². The van der Waals surface area contributed by atoms with Gasteiger partial charge in [-0.25, -0.2) is 4.39 Å². The van der Waals surface area contributed by atoms with E-state index in [0.717, 1.165) is 0 Å². The molecular formula is C18H18FN3O2S. The van der Waals surface area contributed by atoms with Crippen molar-refractivity contribution in [3.63, 3.8) is 0 Å². The number of hydrogen-bond acceptors (Lipinski definition) is 4. The van der Waals surface area contributed by atoms with Crippen LogP contribution in [0.25, 0.3) is 0 Å². The van der Waals surface area contributed by atoms with Gasteiger partial charge in [-0.3, -0.25) is 5.43 Å². The van der Waals surface area contributed by atoms with Crippen molar-refractivity contribution in [3.8, 4) is 11.5 Å². The fraction of sp³-hybridized carbons (Fsp3) is 0.222. The summed E-state index contributed by atoms with van der Waals surface area (Å²) in [5.74, 6) is 0.367. The first-order valence-corrected chi connectivity index (χ1v) is 8.15. The van der Waals surface area contributed by atoms with E-state index in [4.69, 9.17) is 17.0 Å². The van der Waals surface area contributed by atoms with Crippen LogP contribution in [-0.4, -0.2) is 21.5 Å². The van der Waals surface area contributed by atoms with Gasteiger partial charge >= 0.3 is 0 Å². The average Bonchev–Trinajstić information content (AvgIpc) is 2.55. The third kappa shape index (κ3) is 4.06. The van der Waals surface area contributed by atoms with Gasteiger partial charge < -0.3 is 15.2 Å². The largest absolute Gasteiger partial charge is 0.508 e. The Labute approximate surface area is 150 Å². The second-order valence-corrected chi connectivity index (χ2v) is 6.73. The molecular weight excluding hydrogens is 341 g/mol. The Balaban J connectivity index is 1.80. The third-order valence-corrected chi connectivity index (χ3v) is 3.86. The number of nitrogens with one attached hydrogen (secondary N) is 2. The van der Waals surface area contributed by atoms with E-state index in [1.807, 2.05) is 13.8 Å². The number of ether oxygens (including phenoxy) is 1. The Kier molecular flexibility index (Phi) is 4.59. The lowest BCUT2D eigenvalue weighted by molar-refractivity contribution is 0.111. The fourth-order valence-corrected chi connectivity index (χ4v) is 2.75. The van der Waals surface area contributed by atoms with Crippen LogP contribution in [0.5, 0.6) is 11.5 Å². The van der Waals surface area contributed by atoms with Gasteiger partial charge in [0.15, 0.2) is 5.11 Å². The van der Waals surface area contributed by atoms with Crippen LogP contribution in [0.15, 0.2) is 47.6 Å². The van der Waals surface area contributed by atoms with Crippen molar-refractivity contribution in [2.45, 2.75) is 25.9 Å². The molecule has 25 heavy (non-hydrogen) atoms. The maximum atomic E-state index is 13.7. The van der Waals surface area contributed by atoms with Gasteiger partial charge in [0.25, 0.3) is 0 Å². The molecule has 0 spiro atoms. The highest BCUT2D eigenvalue weighted by Gasteiger charge is 2.31. The fourth-order valence-electron chi connectivity index (χ4n) is 2.60. The molecule has 5 nitrogen and oxygen atoms in total. The van der Waals surface area contributed by atoms with E-state index in [9.17, 15) is 9.50 Å². The molecule has 0 radical (unpaired) electrons. The Morgan fingerprint density at radius 3 is 2.80 bits per heavy atom. The lowest BCUT2D eigenvalue weighted by atomic mass is 9.92. The van der Waals surface area contributed by atoms with Crippen molar-refractivity contribution in [2.24, 2.45) is 5.10 Å². The lowest BCUT2D eigenvalue weighted by Gasteiger charge is -2.33. The summed E-state index contributed by atoms with van der Waals surface area (Å²) < 4.78 is 19.6. The molecule has 0 atom stereocenters. The summed E-state index contributed by atoms with van der Waals surface area (Å²) in [5, 5.41) is 17.0. The quantitative estimate of drug-likeness (QED) is 0.562. The number of hydrogen-bond donors (Lipinski definition) is 3. The van der Waals surface area contributed by atoms with Crippen LogP contribution in [0.3, 0.4) is 0 Å².